The molecule has 0 radical (unpaired) electrons. The van der Waals surface area contributed by atoms with Gasteiger partial charge in [0.2, 0.25) is 5.91 Å². The van der Waals surface area contributed by atoms with Crippen LogP contribution in [0.4, 0.5) is 5.69 Å². The summed E-state index contributed by atoms with van der Waals surface area (Å²) in [5, 5.41) is 21.4. The number of rotatable bonds is 6. The van der Waals surface area contributed by atoms with Crippen molar-refractivity contribution in [3.63, 3.8) is 0 Å². The normalized spacial score (nSPS) is 28.5. The molecule has 2 aromatic carbocycles. The van der Waals surface area contributed by atoms with Crippen molar-refractivity contribution in [2.75, 3.05) is 18.1 Å². The van der Waals surface area contributed by atoms with Gasteiger partial charge in [0.15, 0.2) is 5.60 Å². The monoisotopic (exact) mass is 630 g/mol. The summed E-state index contributed by atoms with van der Waals surface area (Å²) in [7, 11) is 0. The van der Waals surface area contributed by atoms with E-state index in [4.69, 9.17) is 4.74 Å². The largest absolute Gasteiger partial charge is 0.394 e. The van der Waals surface area contributed by atoms with E-state index in [2.05, 4.69) is 29.2 Å². The Labute approximate surface area is 237 Å². The summed E-state index contributed by atoms with van der Waals surface area (Å²) >= 11 is 2.23. The highest BCUT2D eigenvalue weighted by atomic mass is 127. The maximum absolute atomic E-state index is 14.1. The zero-order valence-corrected chi connectivity index (χ0v) is 24.2. The molecule has 0 saturated carbocycles. The fraction of sp³-hybridized carbons (Fsp3) is 0.467. The fourth-order valence-electron chi connectivity index (χ4n) is 6.89. The first-order valence-corrected chi connectivity index (χ1v) is 14.2. The number of aliphatic hydroxyl groups is 2. The van der Waals surface area contributed by atoms with Crippen LogP contribution in [0.25, 0.3) is 0 Å². The van der Waals surface area contributed by atoms with Crippen molar-refractivity contribution >= 4 is 40.1 Å². The number of fused-ring (bicyclic) bond motifs is 3. The topological polar surface area (TPSA) is 90.3 Å². The molecule has 2 aromatic rings. The SMILES string of the molecule is C=CCN1C(=O)[C@]2(O[C@H](CC(=O)N3Cc4ccccc4C[C@H]3CO)[C@@H](C(C)(C)O)[C@@H]2C)c2cc(I)ccc21. The van der Waals surface area contributed by atoms with Gasteiger partial charge in [-0.1, -0.05) is 37.3 Å². The highest BCUT2D eigenvalue weighted by Crippen LogP contribution is 2.58. The second-order valence-electron chi connectivity index (χ2n) is 11.3. The first-order chi connectivity index (χ1) is 18.0. The molecule has 38 heavy (non-hydrogen) atoms. The summed E-state index contributed by atoms with van der Waals surface area (Å²) in [4.78, 5) is 31.3. The van der Waals surface area contributed by atoms with Gasteiger partial charge in [-0.25, -0.2) is 0 Å². The molecule has 3 heterocycles. The minimum absolute atomic E-state index is 0.00735. The highest BCUT2D eigenvalue weighted by molar-refractivity contribution is 14.1. The molecule has 0 bridgehead atoms. The van der Waals surface area contributed by atoms with Crippen LogP contribution in [0.2, 0.25) is 0 Å². The Balaban J connectivity index is 1.51. The predicted octanol–water partition coefficient (Wildman–Crippen LogP) is 3.78. The van der Waals surface area contributed by atoms with E-state index in [0.29, 0.717) is 19.5 Å². The van der Waals surface area contributed by atoms with Crippen molar-refractivity contribution in [1.29, 1.82) is 0 Å². The van der Waals surface area contributed by atoms with Crippen molar-refractivity contribution in [2.45, 2.75) is 63.5 Å². The maximum Gasteiger partial charge on any atom is 0.264 e. The second kappa shape index (κ2) is 10.0. The Hall–Kier alpha value is -2.27. The molecule has 1 saturated heterocycles. The van der Waals surface area contributed by atoms with Crippen molar-refractivity contribution in [2.24, 2.45) is 11.8 Å². The Morgan fingerprint density at radius 2 is 1.97 bits per heavy atom. The van der Waals surface area contributed by atoms with Gasteiger partial charge in [-0.2, -0.15) is 0 Å². The first-order valence-electron chi connectivity index (χ1n) is 13.1. The molecular weight excluding hydrogens is 595 g/mol. The minimum atomic E-state index is -1.31. The van der Waals surface area contributed by atoms with E-state index in [0.717, 1.165) is 25.9 Å². The summed E-state index contributed by atoms with van der Waals surface area (Å²) in [6.45, 7) is 9.83. The number of benzene rings is 2. The van der Waals surface area contributed by atoms with E-state index in [9.17, 15) is 19.8 Å². The van der Waals surface area contributed by atoms with Gasteiger partial charge in [0, 0.05) is 34.1 Å². The van der Waals surface area contributed by atoms with E-state index in [1.807, 2.05) is 49.4 Å². The van der Waals surface area contributed by atoms with Crippen molar-refractivity contribution in [3.05, 3.63) is 75.4 Å². The molecule has 5 atom stereocenters. The molecule has 8 heteroatoms. The lowest BCUT2D eigenvalue weighted by atomic mass is 9.70. The number of hydrogen-bond acceptors (Lipinski definition) is 5. The molecule has 0 aliphatic carbocycles. The number of anilines is 1. The van der Waals surface area contributed by atoms with Crippen molar-refractivity contribution < 1.29 is 24.5 Å². The lowest BCUT2D eigenvalue weighted by Gasteiger charge is -2.38. The number of amides is 2. The van der Waals surface area contributed by atoms with E-state index in [1.165, 1.54) is 0 Å². The lowest BCUT2D eigenvalue weighted by Crippen LogP contribution is -2.48. The molecule has 2 N–H and O–H groups in total. The van der Waals surface area contributed by atoms with Crippen LogP contribution in [-0.4, -0.2) is 57.8 Å². The van der Waals surface area contributed by atoms with Gasteiger partial charge in [-0.15, -0.1) is 6.58 Å². The van der Waals surface area contributed by atoms with E-state index >= 15 is 0 Å². The molecule has 202 valence electrons. The van der Waals surface area contributed by atoms with Gasteiger partial charge < -0.3 is 24.7 Å². The molecule has 3 aliphatic rings. The van der Waals surface area contributed by atoms with Gasteiger partial charge in [-0.05, 0) is 72.2 Å². The fourth-order valence-corrected chi connectivity index (χ4v) is 7.38. The van der Waals surface area contributed by atoms with Gasteiger partial charge in [0.25, 0.3) is 5.91 Å². The molecule has 7 nitrogen and oxygen atoms in total. The number of carbonyl (C=O) groups is 2. The zero-order chi connectivity index (χ0) is 27.4. The number of ether oxygens (including phenoxy) is 1. The average Bonchev–Trinajstić information content (AvgIpc) is 3.29. The lowest BCUT2D eigenvalue weighted by molar-refractivity contribution is -0.151. The van der Waals surface area contributed by atoms with Crippen molar-refractivity contribution in [3.8, 4) is 0 Å². The Morgan fingerprint density at radius 1 is 1.26 bits per heavy atom. The number of nitrogens with zero attached hydrogens (tertiary/aromatic N) is 2. The molecule has 3 aliphatic heterocycles. The van der Waals surface area contributed by atoms with E-state index in [1.54, 1.807) is 29.7 Å². The van der Waals surface area contributed by atoms with Crippen LogP contribution in [0.1, 0.15) is 43.9 Å². The molecular formula is C30H35IN2O5. The Bertz CT molecular complexity index is 1270. The third-order valence-corrected chi connectivity index (χ3v) is 9.19. The summed E-state index contributed by atoms with van der Waals surface area (Å²) in [6, 6.07) is 13.5. The number of hydrogen-bond donors (Lipinski definition) is 2. The molecule has 0 unspecified atom stereocenters. The molecule has 2 amide bonds. The summed E-state index contributed by atoms with van der Waals surface area (Å²) < 4.78 is 7.71. The summed E-state index contributed by atoms with van der Waals surface area (Å²) in [6.07, 6.45) is 1.59. The predicted molar refractivity (Wildman–Crippen MR) is 153 cm³/mol. The van der Waals surface area contributed by atoms with E-state index < -0.39 is 29.1 Å². The van der Waals surface area contributed by atoms with Gasteiger partial charge >= 0.3 is 0 Å². The van der Waals surface area contributed by atoms with Crippen LogP contribution in [0.15, 0.2) is 55.1 Å². The first kappa shape index (κ1) is 27.3. The van der Waals surface area contributed by atoms with Gasteiger partial charge in [0.1, 0.15) is 0 Å². The van der Waals surface area contributed by atoms with Crippen LogP contribution >= 0.6 is 22.6 Å². The van der Waals surface area contributed by atoms with Crippen LogP contribution in [0, 0.1) is 15.4 Å². The minimum Gasteiger partial charge on any atom is -0.394 e. The number of carbonyl (C=O) groups excluding carboxylic acids is 2. The molecule has 1 spiro atoms. The average molecular weight is 631 g/mol. The molecule has 0 aromatic heterocycles. The van der Waals surface area contributed by atoms with Crippen molar-refractivity contribution in [1.82, 2.24) is 4.90 Å². The maximum atomic E-state index is 14.1. The third kappa shape index (κ3) is 4.29. The van der Waals surface area contributed by atoms with Crippen LogP contribution in [0.5, 0.6) is 0 Å². The quantitative estimate of drug-likeness (QED) is 0.375. The molecule has 1 fully saturated rings. The third-order valence-electron chi connectivity index (χ3n) is 8.52. The Morgan fingerprint density at radius 3 is 2.63 bits per heavy atom. The smallest absolute Gasteiger partial charge is 0.264 e. The van der Waals surface area contributed by atoms with Crippen LogP contribution < -0.4 is 4.90 Å². The zero-order valence-electron chi connectivity index (χ0n) is 22.1. The van der Waals surface area contributed by atoms with Crippen LogP contribution in [0.3, 0.4) is 0 Å². The number of aliphatic hydroxyl groups excluding tert-OH is 1. The highest BCUT2D eigenvalue weighted by Gasteiger charge is 2.66. The standard InChI is InChI=1S/C30H35IN2O5/c1-5-12-32-24-11-10-21(31)14-23(24)30(28(32)36)18(2)27(29(3,4)37)25(38-30)15-26(35)33-16-20-9-7-6-8-19(20)13-22(33)17-34/h5-11,14,18,22,25,27,34,37H,1,12-13,15-17H2,2-4H3/t18-,22-,25+,27-,30+/m0/s1. The summed E-state index contributed by atoms with van der Waals surface area (Å²) in [5.41, 5.74) is 1.24. The van der Waals surface area contributed by atoms with E-state index in [-0.39, 0.29) is 30.9 Å². The van der Waals surface area contributed by atoms with Crippen LogP contribution in [-0.2, 0) is 32.9 Å². The summed E-state index contributed by atoms with van der Waals surface area (Å²) in [5.74, 6) is -1.21. The molecule has 5 rings (SSSR count). The van der Waals surface area contributed by atoms with Gasteiger partial charge in [0.05, 0.1) is 36.5 Å². The Kier molecular flexibility index (Phi) is 7.21. The number of halogens is 1. The second-order valence-corrected chi connectivity index (χ2v) is 12.5. The van der Waals surface area contributed by atoms with Gasteiger partial charge in [-0.3, -0.25) is 9.59 Å².